The Hall–Kier alpha value is -3.00. The van der Waals surface area contributed by atoms with Crippen LogP contribution in [-0.2, 0) is 9.59 Å². The van der Waals surface area contributed by atoms with Crippen molar-refractivity contribution in [2.24, 2.45) is 0 Å². The second kappa shape index (κ2) is 9.01. The minimum atomic E-state index is -0.320. The van der Waals surface area contributed by atoms with Gasteiger partial charge in [-0.15, -0.1) is 0 Å². The van der Waals surface area contributed by atoms with Crippen LogP contribution in [0.3, 0.4) is 0 Å². The van der Waals surface area contributed by atoms with Gasteiger partial charge in [0.25, 0.3) is 5.91 Å². The maximum Gasteiger partial charge on any atom is 0.292 e. The van der Waals surface area contributed by atoms with Gasteiger partial charge in [-0.25, -0.2) is 14.9 Å². The number of hydrogen-bond donors (Lipinski definition) is 1. The average Bonchev–Trinajstić information content (AvgIpc) is 3.06. The second-order valence-electron chi connectivity index (χ2n) is 8.23. The molecule has 31 heavy (non-hydrogen) atoms. The van der Waals surface area contributed by atoms with Gasteiger partial charge >= 0.3 is 0 Å². The van der Waals surface area contributed by atoms with E-state index in [4.69, 9.17) is 4.74 Å². The molecular weight excluding hydrogens is 394 g/mol. The van der Waals surface area contributed by atoms with E-state index in [1.165, 1.54) is 9.80 Å². The third-order valence-corrected chi connectivity index (χ3v) is 5.89. The van der Waals surface area contributed by atoms with Gasteiger partial charge in [-0.2, -0.15) is 0 Å². The number of aromatic nitrogens is 2. The van der Waals surface area contributed by atoms with Crippen molar-refractivity contribution in [2.45, 2.75) is 39.7 Å². The maximum absolute atomic E-state index is 13.1. The van der Waals surface area contributed by atoms with E-state index >= 15 is 0 Å². The lowest BCUT2D eigenvalue weighted by Crippen LogP contribution is -3.19. The first kappa shape index (κ1) is 21.2. The first-order valence-electron chi connectivity index (χ1n) is 11.0. The number of ether oxygens (including phenoxy) is 1. The van der Waals surface area contributed by atoms with Gasteiger partial charge in [0.05, 0.1) is 44.9 Å². The van der Waals surface area contributed by atoms with E-state index in [0.717, 1.165) is 55.7 Å². The van der Waals surface area contributed by atoms with Crippen molar-refractivity contribution in [3.8, 4) is 5.75 Å². The number of carbonyl (C=O) groups is 2. The fourth-order valence-corrected chi connectivity index (χ4v) is 4.36. The Morgan fingerprint density at radius 1 is 1.10 bits per heavy atom. The van der Waals surface area contributed by atoms with Crippen LogP contribution in [0.4, 0.5) is 11.5 Å². The SMILES string of the molecule is CCCOc1ccc(N2C(=O)C[C@H]([NH+]3CCN(c4cc(C)nc(C)n4)CC3)C2=O)cc1. The van der Waals surface area contributed by atoms with Crippen LogP contribution < -0.4 is 19.4 Å². The van der Waals surface area contributed by atoms with Gasteiger partial charge in [0.15, 0.2) is 6.04 Å². The summed E-state index contributed by atoms with van der Waals surface area (Å²) in [6.07, 6.45) is 1.19. The van der Waals surface area contributed by atoms with Crippen LogP contribution in [0.2, 0.25) is 0 Å². The van der Waals surface area contributed by atoms with Gasteiger partial charge in [0, 0.05) is 11.8 Å². The molecule has 2 aliphatic heterocycles. The molecule has 0 bridgehead atoms. The third kappa shape index (κ3) is 4.54. The van der Waals surface area contributed by atoms with Gasteiger partial charge in [-0.1, -0.05) is 6.92 Å². The minimum Gasteiger partial charge on any atom is -0.494 e. The van der Waals surface area contributed by atoms with E-state index in [1.54, 1.807) is 12.1 Å². The van der Waals surface area contributed by atoms with Gasteiger partial charge in [0.2, 0.25) is 5.91 Å². The smallest absolute Gasteiger partial charge is 0.292 e. The summed E-state index contributed by atoms with van der Waals surface area (Å²) >= 11 is 0. The summed E-state index contributed by atoms with van der Waals surface area (Å²) in [6, 6.07) is 8.89. The normalized spacial score (nSPS) is 19.9. The standard InChI is InChI=1S/C23H29N5O3/c1-4-13-31-19-7-5-18(6-8-19)28-22(29)15-20(23(28)30)26-9-11-27(12-10-26)21-14-16(2)24-17(3)25-21/h5-8,14,20H,4,9-13,15H2,1-3H3/p+1/t20-/m0/s1. The molecule has 3 heterocycles. The third-order valence-electron chi connectivity index (χ3n) is 5.89. The summed E-state index contributed by atoms with van der Waals surface area (Å²) in [7, 11) is 0. The van der Waals surface area contributed by atoms with Crippen molar-refractivity contribution in [1.82, 2.24) is 9.97 Å². The number of amides is 2. The second-order valence-corrected chi connectivity index (χ2v) is 8.23. The number of carbonyl (C=O) groups excluding carboxylic acids is 2. The Kier molecular flexibility index (Phi) is 6.18. The maximum atomic E-state index is 13.1. The monoisotopic (exact) mass is 424 g/mol. The zero-order chi connectivity index (χ0) is 22.0. The Bertz CT molecular complexity index is 934. The van der Waals surface area contributed by atoms with E-state index < -0.39 is 0 Å². The van der Waals surface area contributed by atoms with Crippen LogP contribution in [0.5, 0.6) is 5.75 Å². The molecule has 8 heteroatoms. The number of nitrogens with one attached hydrogen (secondary N) is 1. The molecule has 2 fully saturated rings. The highest BCUT2D eigenvalue weighted by atomic mass is 16.5. The van der Waals surface area contributed by atoms with E-state index in [9.17, 15) is 9.59 Å². The summed E-state index contributed by atoms with van der Waals surface area (Å²) in [5.74, 6) is 2.21. The van der Waals surface area contributed by atoms with E-state index in [0.29, 0.717) is 12.3 Å². The highest BCUT2D eigenvalue weighted by Gasteiger charge is 2.46. The van der Waals surface area contributed by atoms with Crippen molar-refractivity contribution in [3.05, 3.63) is 41.9 Å². The molecule has 0 unspecified atom stereocenters. The van der Waals surface area contributed by atoms with Crippen molar-refractivity contribution in [1.29, 1.82) is 0 Å². The summed E-state index contributed by atoms with van der Waals surface area (Å²) in [4.78, 5) is 39.5. The number of anilines is 2. The number of hydrogen-bond acceptors (Lipinski definition) is 6. The highest BCUT2D eigenvalue weighted by molar-refractivity contribution is 6.21. The van der Waals surface area contributed by atoms with Crippen LogP contribution >= 0.6 is 0 Å². The number of benzene rings is 1. The quantitative estimate of drug-likeness (QED) is 0.695. The highest BCUT2D eigenvalue weighted by Crippen LogP contribution is 2.25. The molecule has 1 N–H and O–H groups in total. The molecule has 1 aromatic heterocycles. The van der Waals surface area contributed by atoms with Crippen molar-refractivity contribution in [3.63, 3.8) is 0 Å². The molecule has 1 aromatic carbocycles. The summed E-state index contributed by atoms with van der Waals surface area (Å²) in [5, 5.41) is 0. The molecule has 0 spiro atoms. The van der Waals surface area contributed by atoms with E-state index in [2.05, 4.69) is 14.9 Å². The molecule has 1 atom stereocenters. The number of piperazine rings is 1. The molecule has 4 rings (SSSR count). The lowest BCUT2D eigenvalue weighted by molar-refractivity contribution is -0.915. The summed E-state index contributed by atoms with van der Waals surface area (Å²) in [5.41, 5.74) is 1.57. The number of quaternary nitrogens is 1. The first-order valence-corrected chi connectivity index (χ1v) is 11.0. The molecule has 2 aromatic rings. The number of aryl methyl sites for hydroxylation is 2. The molecule has 0 aliphatic carbocycles. The predicted molar refractivity (Wildman–Crippen MR) is 118 cm³/mol. The van der Waals surface area contributed by atoms with Crippen molar-refractivity contribution < 1.29 is 19.2 Å². The largest absolute Gasteiger partial charge is 0.494 e. The number of rotatable bonds is 6. The van der Waals surface area contributed by atoms with Gasteiger partial charge in [0.1, 0.15) is 17.4 Å². The molecule has 8 nitrogen and oxygen atoms in total. The minimum absolute atomic E-state index is 0.107. The molecule has 2 aliphatic rings. The van der Waals surface area contributed by atoms with Crippen LogP contribution in [-0.4, -0.2) is 60.6 Å². The van der Waals surface area contributed by atoms with Gasteiger partial charge in [-0.05, 0) is 44.5 Å². The molecular formula is C23H30N5O3+. The molecule has 2 saturated heterocycles. The van der Waals surface area contributed by atoms with Crippen LogP contribution in [0.15, 0.2) is 30.3 Å². The molecule has 0 radical (unpaired) electrons. The zero-order valence-electron chi connectivity index (χ0n) is 18.4. The fourth-order valence-electron chi connectivity index (χ4n) is 4.36. The van der Waals surface area contributed by atoms with E-state index in [1.807, 2.05) is 39.0 Å². The van der Waals surface area contributed by atoms with Crippen LogP contribution in [0.25, 0.3) is 0 Å². The lowest BCUT2D eigenvalue weighted by atomic mass is 10.1. The fraction of sp³-hybridized carbons (Fsp3) is 0.478. The van der Waals surface area contributed by atoms with Crippen molar-refractivity contribution in [2.75, 3.05) is 42.6 Å². The topological polar surface area (TPSA) is 80.1 Å². The molecule has 0 saturated carbocycles. The number of imide groups is 1. The Morgan fingerprint density at radius 3 is 2.45 bits per heavy atom. The number of nitrogens with zero attached hydrogens (tertiary/aromatic N) is 4. The van der Waals surface area contributed by atoms with Gasteiger partial charge < -0.3 is 14.5 Å². The van der Waals surface area contributed by atoms with Crippen molar-refractivity contribution >= 4 is 23.3 Å². The van der Waals surface area contributed by atoms with E-state index in [-0.39, 0.29) is 24.3 Å². The zero-order valence-corrected chi connectivity index (χ0v) is 18.4. The Morgan fingerprint density at radius 2 is 1.81 bits per heavy atom. The average molecular weight is 425 g/mol. The van der Waals surface area contributed by atoms with Crippen LogP contribution in [0, 0.1) is 13.8 Å². The summed E-state index contributed by atoms with van der Waals surface area (Å²) in [6.45, 7) is 9.75. The summed E-state index contributed by atoms with van der Waals surface area (Å²) < 4.78 is 5.60. The van der Waals surface area contributed by atoms with Gasteiger partial charge in [-0.3, -0.25) is 9.59 Å². The molecule has 164 valence electrons. The predicted octanol–water partition coefficient (Wildman–Crippen LogP) is 0.919. The molecule has 2 amide bonds. The Balaban J connectivity index is 1.40. The first-order chi connectivity index (χ1) is 15.0. The van der Waals surface area contributed by atoms with Crippen LogP contribution in [0.1, 0.15) is 31.3 Å². The lowest BCUT2D eigenvalue weighted by Gasteiger charge is -2.35. The Labute approximate surface area is 182 Å².